The van der Waals surface area contributed by atoms with Gasteiger partial charge in [0.25, 0.3) is 0 Å². The molecule has 3 heterocycles. The number of thiazole rings is 1. The molecule has 0 aliphatic carbocycles. The van der Waals surface area contributed by atoms with Crippen molar-refractivity contribution in [1.29, 1.82) is 0 Å². The Labute approximate surface area is 110 Å². The molecule has 1 N–H and O–H groups in total. The maximum atomic E-state index is 4.74. The summed E-state index contributed by atoms with van der Waals surface area (Å²) in [5.74, 6) is 0.725. The van der Waals surface area contributed by atoms with Crippen LogP contribution in [-0.2, 0) is 0 Å². The summed E-state index contributed by atoms with van der Waals surface area (Å²) in [6.45, 7) is 4.46. The SMILES string of the molecule is Cc1nc(-c2cccs2)sc1C1CCNCC1. The number of aromatic nitrogens is 1. The van der Waals surface area contributed by atoms with E-state index < -0.39 is 0 Å². The minimum Gasteiger partial charge on any atom is -0.317 e. The van der Waals surface area contributed by atoms with Gasteiger partial charge in [-0.2, -0.15) is 0 Å². The number of aryl methyl sites for hydroxylation is 1. The van der Waals surface area contributed by atoms with E-state index in [0.29, 0.717) is 0 Å². The molecule has 2 aromatic heterocycles. The summed E-state index contributed by atoms with van der Waals surface area (Å²) in [7, 11) is 0. The van der Waals surface area contributed by atoms with E-state index in [0.717, 1.165) is 19.0 Å². The molecule has 0 saturated carbocycles. The molecule has 1 aliphatic heterocycles. The van der Waals surface area contributed by atoms with Crippen molar-refractivity contribution in [2.75, 3.05) is 13.1 Å². The second-order valence-electron chi connectivity index (χ2n) is 4.47. The fraction of sp³-hybridized carbons (Fsp3) is 0.462. The molecule has 0 bridgehead atoms. The standard InChI is InChI=1S/C13H16N2S2/c1-9-12(10-4-6-14-7-5-10)17-13(15-9)11-3-2-8-16-11/h2-3,8,10,14H,4-7H2,1H3. The van der Waals surface area contributed by atoms with Crippen molar-refractivity contribution >= 4 is 22.7 Å². The van der Waals surface area contributed by atoms with Crippen LogP contribution in [0.1, 0.15) is 29.3 Å². The van der Waals surface area contributed by atoms with Gasteiger partial charge in [-0.25, -0.2) is 4.98 Å². The van der Waals surface area contributed by atoms with Crippen LogP contribution in [0.3, 0.4) is 0 Å². The van der Waals surface area contributed by atoms with Gasteiger partial charge in [0.2, 0.25) is 0 Å². The molecule has 17 heavy (non-hydrogen) atoms. The van der Waals surface area contributed by atoms with E-state index in [2.05, 4.69) is 29.8 Å². The number of hydrogen-bond donors (Lipinski definition) is 1. The number of rotatable bonds is 2. The lowest BCUT2D eigenvalue weighted by molar-refractivity contribution is 0.463. The summed E-state index contributed by atoms with van der Waals surface area (Å²) in [6, 6.07) is 4.26. The third-order valence-electron chi connectivity index (χ3n) is 3.27. The summed E-state index contributed by atoms with van der Waals surface area (Å²) in [5.41, 5.74) is 1.24. The third-order valence-corrected chi connectivity index (χ3v) is 5.63. The van der Waals surface area contributed by atoms with Crippen LogP contribution < -0.4 is 5.32 Å². The van der Waals surface area contributed by atoms with E-state index in [4.69, 9.17) is 4.98 Å². The number of nitrogens with zero attached hydrogens (tertiary/aromatic N) is 1. The van der Waals surface area contributed by atoms with E-state index in [-0.39, 0.29) is 0 Å². The van der Waals surface area contributed by atoms with Gasteiger partial charge < -0.3 is 5.32 Å². The fourth-order valence-electron chi connectivity index (χ4n) is 2.38. The second kappa shape index (κ2) is 4.88. The maximum absolute atomic E-state index is 4.74. The Morgan fingerprint density at radius 3 is 2.88 bits per heavy atom. The molecular weight excluding hydrogens is 248 g/mol. The molecule has 0 aromatic carbocycles. The Bertz CT molecular complexity index is 481. The lowest BCUT2D eigenvalue weighted by atomic mass is 9.96. The minimum atomic E-state index is 0.725. The van der Waals surface area contributed by atoms with Crippen molar-refractivity contribution in [3.8, 4) is 9.88 Å². The van der Waals surface area contributed by atoms with Gasteiger partial charge in [0.1, 0.15) is 5.01 Å². The molecule has 4 heteroatoms. The van der Waals surface area contributed by atoms with Crippen molar-refractivity contribution in [1.82, 2.24) is 10.3 Å². The molecule has 0 unspecified atom stereocenters. The predicted molar refractivity (Wildman–Crippen MR) is 75.0 cm³/mol. The Morgan fingerprint density at radius 2 is 2.18 bits per heavy atom. The topological polar surface area (TPSA) is 24.9 Å². The first kappa shape index (κ1) is 11.4. The van der Waals surface area contributed by atoms with E-state index in [1.165, 1.54) is 33.3 Å². The van der Waals surface area contributed by atoms with Gasteiger partial charge in [0.05, 0.1) is 10.6 Å². The van der Waals surface area contributed by atoms with Crippen molar-refractivity contribution in [2.45, 2.75) is 25.7 Å². The molecule has 2 aromatic rings. The zero-order valence-electron chi connectivity index (χ0n) is 9.90. The monoisotopic (exact) mass is 264 g/mol. The van der Waals surface area contributed by atoms with Gasteiger partial charge in [-0.15, -0.1) is 22.7 Å². The van der Waals surface area contributed by atoms with E-state index >= 15 is 0 Å². The van der Waals surface area contributed by atoms with Crippen LogP contribution in [0, 0.1) is 6.92 Å². The van der Waals surface area contributed by atoms with Crippen molar-refractivity contribution < 1.29 is 0 Å². The highest BCUT2D eigenvalue weighted by Gasteiger charge is 2.21. The fourth-order valence-corrected chi connectivity index (χ4v) is 4.41. The van der Waals surface area contributed by atoms with E-state index in [1.807, 2.05) is 11.3 Å². The molecular formula is C13H16N2S2. The second-order valence-corrected chi connectivity index (χ2v) is 6.45. The van der Waals surface area contributed by atoms with Crippen LogP contribution in [0.25, 0.3) is 9.88 Å². The molecule has 1 fully saturated rings. The lowest BCUT2D eigenvalue weighted by Crippen LogP contribution is -2.26. The minimum absolute atomic E-state index is 0.725. The van der Waals surface area contributed by atoms with E-state index in [9.17, 15) is 0 Å². The highest BCUT2D eigenvalue weighted by atomic mass is 32.1. The zero-order chi connectivity index (χ0) is 11.7. The van der Waals surface area contributed by atoms with Crippen molar-refractivity contribution in [3.05, 3.63) is 28.1 Å². The quantitative estimate of drug-likeness (QED) is 0.895. The van der Waals surface area contributed by atoms with Gasteiger partial charge >= 0.3 is 0 Å². The molecule has 1 aliphatic rings. The van der Waals surface area contributed by atoms with Gasteiger partial charge in [-0.3, -0.25) is 0 Å². The largest absolute Gasteiger partial charge is 0.317 e. The first-order valence-corrected chi connectivity index (χ1v) is 7.76. The number of thiophene rings is 1. The molecule has 3 rings (SSSR count). The maximum Gasteiger partial charge on any atom is 0.133 e. The highest BCUT2D eigenvalue weighted by Crippen LogP contribution is 2.37. The van der Waals surface area contributed by atoms with Gasteiger partial charge in [-0.05, 0) is 50.2 Å². The summed E-state index contributed by atoms with van der Waals surface area (Å²) in [6.07, 6.45) is 2.51. The molecule has 0 atom stereocenters. The van der Waals surface area contributed by atoms with Crippen LogP contribution >= 0.6 is 22.7 Å². The number of nitrogens with one attached hydrogen (secondary N) is 1. The smallest absolute Gasteiger partial charge is 0.133 e. The Balaban J connectivity index is 1.90. The summed E-state index contributed by atoms with van der Waals surface area (Å²) in [4.78, 5) is 7.55. The summed E-state index contributed by atoms with van der Waals surface area (Å²) >= 11 is 3.68. The Morgan fingerprint density at radius 1 is 1.35 bits per heavy atom. The van der Waals surface area contributed by atoms with E-state index in [1.54, 1.807) is 11.3 Å². The highest BCUT2D eigenvalue weighted by molar-refractivity contribution is 7.21. The van der Waals surface area contributed by atoms with Crippen LogP contribution in [0.5, 0.6) is 0 Å². The Hall–Kier alpha value is -0.710. The van der Waals surface area contributed by atoms with Crippen LogP contribution in [0.15, 0.2) is 17.5 Å². The summed E-state index contributed by atoms with van der Waals surface area (Å²) < 4.78 is 0. The van der Waals surface area contributed by atoms with Crippen LogP contribution in [-0.4, -0.2) is 18.1 Å². The number of hydrogen-bond acceptors (Lipinski definition) is 4. The molecule has 1 saturated heterocycles. The van der Waals surface area contributed by atoms with Crippen molar-refractivity contribution in [3.63, 3.8) is 0 Å². The Kier molecular flexibility index (Phi) is 3.27. The van der Waals surface area contributed by atoms with Crippen LogP contribution in [0.2, 0.25) is 0 Å². The lowest BCUT2D eigenvalue weighted by Gasteiger charge is -2.21. The van der Waals surface area contributed by atoms with Gasteiger partial charge in [0, 0.05) is 4.88 Å². The first-order chi connectivity index (χ1) is 8.34. The first-order valence-electron chi connectivity index (χ1n) is 6.06. The average molecular weight is 264 g/mol. The zero-order valence-corrected chi connectivity index (χ0v) is 11.5. The predicted octanol–water partition coefficient (Wildman–Crippen LogP) is 3.65. The van der Waals surface area contributed by atoms with Crippen molar-refractivity contribution in [2.24, 2.45) is 0 Å². The summed E-state index contributed by atoms with van der Waals surface area (Å²) in [5, 5.41) is 6.75. The van der Waals surface area contributed by atoms with Gasteiger partial charge in [-0.1, -0.05) is 6.07 Å². The number of piperidine rings is 1. The van der Waals surface area contributed by atoms with Crippen LogP contribution in [0.4, 0.5) is 0 Å². The molecule has 0 amide bonds. The molecule has 0 radical (unpaired) electrons. The van der Waals surface area contributed by atoms with Gasteiger partial charge in [0.15, 0.2) is 0 Å². The molecule has 2 nitrogen and oxygen atoms in total. The normalized spacial score (nSPS) is 17.5. The molecule has 0 spiro atoms. The average Bonchev–Trinajstić information content (AvgIpc) is 2.99. The molecule has 90 valence electrons. The third kappa shape index (κ3) is 2.30.